The molecule has 3 rings (SSSR count). The Kier molecular flexibility index (Phi) is 4.63. The van der Waals surface area contributed by atoms with E-state index in [1.165, 1.54) is 22.9 Å². The summed E-state index contributed by atoms with van der Waals surface area (Å²) in [5.41, 5.74) is 1.07. The Morgan fingerprint density at radius 1 is 1.24 bits per heavy atom. The summed E-state index contributed by atoms with van der Waals surface area (Å²) in [6.45, 7) is -0.334. The minimum atomic E-state index is -0.485. The highest BCUT2D eigenvalue weighted by molar-refractivity contribution is 8.18. The Morgan fingerprint density at radius 2 is 1.96 bits per heavy atom. The summed E-state index contributed by atoms with van der Waals surface area (Å²) >= 11 is 0.790. The van der Waals surface area contributed by atoms with Gasteiger partial charge in [0.15, 0.2) is 0 Å². The molecule has 1 aromatic heterocycles. The second-order valence-corrected chi connectivity index (χ2v) is 6.01. The second-order valence-electron chi connectivity index (χ2n) is 5.02. The molecule has 2 aromatic rings. The minimum Gasteiger partial charge on any atom is -0.395 e. The summed E-state index contributed by atoms with van der Waals surface area (Å²) < 4.78 is 1.51. The molecule has 1 fully saturated rings. The number of β-amino-alcohol motifs (C(OH)–C–C–N with tert-alkyl or cyclic N) is 1. The predicted molar refractivity (Wildman–Crippen MR) is 90.0 cm³/mol. The Bertz CT molecular complexity index is 874. The van der Waals surface area contributed by atoms with Crippen LogP contribution in [0.25, 0.3) is 11.8 Å². The number of aliphatic hydroxyl groups excluding tert-OH is 1. The molecule has 1 aromatic carbocycles. The fourth-order valence-electron chi connectivity index (χ4n) is 2.21. The van der Waals surface area contributed by atoms with Crippen molar-refractivity contribution >= 4 is 34.7 Å². The molecule has 0 aliphatic carbocycles. The van der Waals surface area contributed by atoms with Gasteiger partial charge in [-0.05, 0) is 36.0 Å². The van der Waals surface area contributed by atoms with Gasteiger partial charge in [-0.3, -0.25) is 24.6 Å². The van der Waals surface area contributed by atoms with Gasteiger partial charge >= 0.3 is 0 Å². The summed E-state index contributed by atoms with van der Waals surface area (Å²) in [5, 5.41) is 23.4. The van der Waals surface area contributed by atoms with E-state index in [4.69, 9.17) is 5.11 Å². The number of nitro benzene ring substituents is 1. The number of hydrogen-bond donors (Lipinski definition) is 1. The average Bonchev–Trinajstić information content (AvgIpc) is 3.16. The van der Waals surface area contributed by atoms with Crippen molar-refractivity contribution in [3.8, 4) is 5.69 Å². The van der Waals surface area contributed by atoms with E-state index in [2.05, 4.69) is 5.10 Å². The van der Waals surface area contributed by atoms with Crippen molar-refractivity contribution in [1.29, 1.82) is 0 Å². The van der Waals surface area contributed by atoms with Gasteiger partial charge in [-0.25, -0.2) is 4.68 Å². The van der Waals surface area contributed by atoms with Crippen LogP contribution in [-0.2, 0) is 4.79 Å². The second kappa shape index (κ2) is 6.87. The molecule has 1 N–H and O–H groups in total. The lowest BCUT2D eigenvalue weighted by Gasteiger charge is -2.08. The lowest BCUT2D eigenvalue weighted by molar-refractivity contribution is -0.384. The normalized spacial score (nSPS) is 16.0. The number of hydrogen-bond acceptors (Lipinski definition) is 7. The Morgan fingerprint density at radius 3 is 2.60 bits per heavy atom. The van der Waals surface area contributed by atoms with Gasteiger partial charge in [0.05, 0.1) is 34.4 Å². The Balaban J connectivity index is 1.81. The van der Waals surface area contributed by atoms with Gasteiger partial charge < -0.3 is 5.11 Å². The first-order valence-electron chi connectivity index (χ1n) is 7.16. The minimum absolute atomic E-state index is 0.0197. The highest BCUT2D eigenvalue weighted by atomic mass is 32.2. The largest absolute Gasteiger partial charge is 0.395 e. The van der Waals surface area contributed by atoms with Crippen molar-refractivity contribution in [3.05, 3.63) is 57.2 Å². The van der Waals surface area contributed by atoms with Gasteiger partial charge in [-0.1, -0.05) is 0 Å². The number of non-ortho nitro benzene ring substituents is 1. The zero-order valence-corrected chi connectivity index (χ0v) is 13.5. The maximum Gasteiger partial charge on any atom is 0.293 e. The van der Waals surface area contributed by atoms with Gasteiger partial charge in [0.1, 0.15) is 0 Å². The molecule has 2 heterocycles. The number of carbonyl (C=O) groups excluding carboxylic acids is 2. The maximum absolute atomic E-state index is 12.1. The van der Waals surface area contributed by atoms with Gasteiger partial charge in [0, 0.05) is 18.3 Å². The van der Waals surface area contributed by atoms with E-state index < -0.39 is 16.1 Å². The molecule has 0 bridgehead atoms. The summed E-state index contributed by atoms with van der Waals surface area (Å²) in [6, 6.07) is 7.52. The first-order valence-corrected chi connectivity index (χ1v) is 7.98. The van der Waals surface area contributed by atoms with E-state index in [9.17, 15) is 19.7 Å². The lowest BCUT2D eigenvalue weighted by atomic mass is 10.3. The average molecular weight is 360 g/mol. The molecule has 1 aliphatic rings. The van der Waals surface area contributed by atoms with Crippen LogP contribution in [0.2, 0.25) is 0 Å². The third-order valence-corrected chi connectivity index (χ3v) is 4.32. The molecule has 0 spiro atoms. The van der Waals surface area contributed by atoms with Gasteiger partial charge in [0.25, 0.3) is 16.8 Å². The summed E-state index contributed by atoms with van der Waals surface area (Å²) in [7, 11) is 0. The molecule has 1 aliphatic heterocycles. The predicted octanol–water partition coefficient (Wildman–Crippen LogP) is 1.81. The molecule has 0 saturated carbocycles. The van der Waals surface area contributed by atoms with Crippen LogP contribution in [0.15, 0.2) is 41.4 Å². The molecule has 1 saturated heterocycles. The van der Waals surface area contributed by atoms with E-state index in [1.54, 1.807) is 24.4 Å². The summed E-state index contributed by atoms with van der Waals surface area (Å²) in [6.07, 6.45) is 3.13. The van der Waals surface area contributed by atoms with Crippen LogP contribution in [0.5, 0.6) is 0 Å². The first-order chi connectivity index (χ1) is 12.0. The standard InChI is InChI=1S/C15H12N4O5S/c20-8-7-17-14(21)13(25-15(17)22)9-10-5-6-18(16-10)11-1-3-12(4-2-11)19(23)24/h1-6,9,20H,7-8H2/b13-9-. The monoisotopic (exact) mass is 360 g/mol. The number of nitrogens with zero attached hydrogens (tertiary/aromatic N) is 4. The zero-order valence-electron chi connectivity index (χ0n) is 12.7. The van der Waals surface area contributed by atoms with Crippen molar-refractivity contribution < 1.29 is 19.6 Å². The topological polar surface area (TPSA) is 119 Å². The quantitative estimate of drug-likeness (QED) is 0.490. The number of thioether (sulfide) groups is 1. The van der Waals surface area contributed by atoms with Crippen molar-refractivity contribution in [3.63, 3.8) is 0 Å². The first kappa shape index (κ1) is 16.9. The number of nitro groups is 1. The van der Waals surface area contributed by atoms with Crippen molar-refractivity contribution in [2.24, 2.45) is 0 Å². The van der Waals surface area contributed by atoms with Crippen LogP contribution in [0, 0.1) is 10.1 Å². The molecule has 0 radical (unpaired) electrons. The van der Waals surface area contributed by atoms with E-state index in [-0.39, 0.29) is 23.7 Å². The van der Waals surface area contributed by atoms with E-state index in [0.717, 1.165) is 16.7 Å². The number of imide groups is 1. The summed E-state index contributed by atoms with van der Waals surface area (Å²) in [4.78, 5) is 35.2. The highest BCUT2D eigenvalue weighted by Gasteiger charge is 2.34. The lowest BCUT2D eigenvalue weighted by Crippen LogP contribution is -2.30. The van der Waals surface area contributed by atoms with E-state index in [1.807, 2.05) is 0 Å². The van der Waals surface area contributed by atoms with Crippen molar-refractivity contribution in [2.45, 2.75) is 0 Å². The number of benzene rings is 1. The molecule has 9 nitrogen and oxygen atoms in total. The molecule has 25 heavy (non-hydrogen) atoms. The molecule has 10 heteroatoms. The van der Waals surface area contributed by atoms with Gasteiger partial charge in [-0.2, -0.15) is 5.10 Å². The molecule has 0 atom stereocenters. The maximum atomic E-state index is 12.1. The molecule has 0 unspecified atom stereocenters. The Hall–Kier alpha value is -2.98. The van der Waals surface area contributed by atoms with Crippen LogP contribution >= 0.6 is 11.8 Å². The smallest absolute Gasteiger partial charge is 0.293 e. The third kappa shape index (κ3) is 3.44. The van der Waals surface area contributed by atoms with Crippen LogP contribution in [0.4, 0.5) is 10.5 Å². The third-order valence-electron chi connectivity index (χ3n) is 3.41. The molecular formula is C15H12N4O5S. The molecular weight excluding hydrogens is 348 g/mol. The van der Waals surface area contributed by atoms with Gasteiger partial charge in [-0.15, -0.1) is 0 Å². The molecule has 128 valence electrons. The molecule has 2 amide bonds. The van der Waals surface area contributed by atoms with E-state index in [0.29, 0.717) is 11.4 Å². The van der Waals surface area contributed by atoms with Crippen LogP contribution in [0.1, 0.15) is 5.69 Å². The fraction of sp³-hybridized carbons (Fsp3) is 0.133. The fourth-order valence-corrected chi connectivity index (χ4v) is 3.06. The van der Waals surface area contributed by atoms with Gasteiger partial charge in [0.2, 0.25) is 0 Å². The summed E-state index contributed by atoms with van der Waals surface area (Å²) in [5.74, 6) is -0.464. The Labute approximate surface area is 145 Å². The van der Waals surface area contributed by atoms with Crippen LogP contribution in [0.3, 0.4) is 0 Å². The number of amides is 2. The van der Waals surface area contributed by atoms with Crippen molar-refractivity contribution in [2.75, 3.05) is 13.2 Å². The number of rotatable bonds is 5. The van der Waals surface area contributed by atoms with Crippen LogP contribution in [-0.4, -0.2) is 49.0 Å². The van der Waals surface area contributed by atoms with E-state index >= 15 is 0 Å². The SMILES string of the molecule is O=C1S/C(=C\c2ccn(-c3ccc([N+](=O)[O-])cc3)n2)C(=O)N1CCO. The zero-order chi connectivity index (χ0) is 18.0. The number of aliphatic hydroxyl groups is 1. The number of aromatic nitrogens is 2. The van der Waals surface area contributed by atoms with Crippen molar-refractivity contribution in [1.82, 2.24) is 14.7 Å². The number of carbonyl (C=O) groups is 2. The highest BCUT2D eigenvalue weighted by Crippen LogP contribution is 2.31. The van der Waals surface area contributed by atoms with Crippen LogP contribution < -0.4 is 0 Å².